The molecule has 13 heavy (non-hydrogen) atoms. The van der Waals surface area contributed by atoms with Crippen molar-refractivity contribution in [3.05, 3.63) is 0 Å². The van der Waals surface area contributed by atoms with Gasteiger partial charge in [0.05, 0.1) is 11.8 Å². The minimum atomic E-state index is -3.19. The maximum Gasteiger partial charge on any atom is 0.166 e. The van der Waals surface area contributed by atoms with Crippen LogP contribution in [0.2, 0.25) is 0 Å². The molecule has 0 rings (SSSR count). The van der Waals surface area contributed by atoms with Crippen LogP contribution in [0.25, 0.3) is 0 Å². The van der Waals surface area contributed by atoms with Crippen molar-refractivity contribution in [1.29, 1.82) is 5.26 Å². The van der Waals surface area contributed by atoms with Gasteiger partial charge in [-0.25, -0.2) is 8.42 Å². The molecule has 0 N–H and O–H groups in total. The van der Waals surface area contributed by atoms with Crippen molar-refractivity contribution in [3.63, 3.8) is 0 Å². The Bertz CT molecular complexity index is 276. The fourth-order valence-corrected chi connectivity index (χ4v) is 2.99. The van der Waals surface area contributed by atoms with E-state index in [2.05, 4.69) is 0 Å². The lowest BCUT2D eigenvalue weighted by Gasteiger charge is -2.12. The Balaban J connectivity index is 4.50. The van der Waals surface area contributed by atoms with Crippen molar-refractivity contribution < 1.29 is 8.42 Å². The van der Waals surface area contributed by atoms with E-state index in [-0.39, 0.29) is 11.7 Å². The number of sulfone groups is 1. The van der Waals surface area contributed by atoms with Gasteiger partial charge in [-0.2, -0.15) is 5.26 Å². The Morgan fingerprint density at radius 3 is 2.15 bits per heavy atom. The van der Waals surface area contributed by atoms with Gasteiger partial charge in [-0.3, -0.25) is 0 Å². The summed E-state index contributed by atoms with van der Waals surface area (Å²) in [4.78, 5) is 0. The number of nitriles is 1. The fraction of sp³-hybridized carbons (Fsp3) is 0.889. The zero-order valence-electron chi connectivity index (χ0n) is 8.45. The lowest BCUT2D eigenvalue weighted by atomic mass is 10.2. The molecule has 0 bridgehead atoms. The largest absolute Gasteiger partial charge is 0.227 e. The van der Waals surface area contributed by atoms with Crippen LogP contribution in [0.15, 0.2) is 0 Å². The van der Waals surface area contributed by atoms with E-state index in [0.29, 0.717) is 6.42 Å². The van der Waals surface area contributed by atoms with Gasteiger partial charge in [0.15, 0.2) is 9.84 Å². The van der Waals surface area contributed by atoms with Crippen molar-refractivity contribution in [2.24, 2.45) is 5.92 Å². The van der Waals surface area contributed by atoms with Gasteiger partial charge < -0.3 is 0 Å². The molecule has 0 radical (unpaired) electrons. The van der Waals surface area contributed by atoms with Gasteiger partial charge in [-0.05, 0) is 12.3 Å². The zero-order chi connectivity index (χ0) is 10.5. The average molecular weight is 203 g/mol. The van der Waals surface area contributed by atoms with E-state index in [0.717, 1.165) is 6.42 Å². The Morgan fingerprint density at radius 2 is 1.85 bits per heavy atom. The minimum absolute atomic E-state index is 0.134. The summed E-state index contributed by atoms with van der Waals surface area (Å²) in [5, 5.41) is 7.80. The highest BCUT2D eigenvalue weighted by atomic mass is 32.2. The monoisotopic (exact) mass is 203 g/mol. The highest BCUT2D eigenvalue weighted by Gasteiger charge is 2.24. The highest BCUT2D eigenvalue weighted by Crippen LogP contribution is 2.12. The molecule has 0 aliphatic heterocycles. The molecule has 0 aliphatic carbocycles. The number of hydrogen-bond donors (Lipinski definition) is 0. The van der Waals surface area contributed by atoms with Gasteiger partial charge in [0.25, 0.3) is 0 Å². The van der Waals surface area contributed by atoms with Crippen LogP contribution in [0.4, 0.5) is 0 Å². The molecule has 0 saturated carbocycles. The van der Waals surface area contributed by atoms with Crippen LogP contribution in [0, 0.1) is 17.2 Å². The van der Waals surface area contributed by atoms with E-state index in [9.17, 15) is 8.42 Å². The Kier molecular flexibility index (Phi) is 5.01. The molecule has 0 saturated heterocycles. The second-order valence-corrected chi connectivity index (χ2v) is 5.60. The van der Waals surface area contributed by atoms with E-state index < -0.39 is 15.1 Å². The van der Waals surface area contributed by atoms with Crippen LogP contribution in [-0.4, -0.2) is 19.4 Å². The SMILES string of the molecule is CCC(C)CS(=O)(=O)C(C#N)CC. The van der Waals surface area contributed by atoms with Gasteiger partial charge in [-0.15, -0.1) is 0 Å². The van der Waals surface area contributed by atoms with Gasteiger partial charge >= 0.3 is 0 Å². The van der Waals surface area contributed by atoms with Crippen molar-refractivity contribution in [2.75, 3.05) is 5.75 Å². The summed E-state index contributed by atoms with van der Waals surface area (Å²) >= 11 is 0. The predicted molar refractivity (Wildman–Crippen MR) is 52.9 cm³/mol. The molecule has 2 unspecified atom stereocenters. The summed E-state index contributed by atoms with van der Waals surface area (Å²) in [5.74, 6) is 0.280. The third-order valence-corrected chi connectivity index (χ3v) is 4.50. The zero-order valence-corrected chi connectivity index (χ0v) is 9.26. The number of rotatable bonds is 5. The molecule has 76 valence electrons. The molecule has 0 fully saturated rings. The van der Waals surface area contributed by atoms with Crippen molar-refractivity contribution in [3.8, 4) is 6.07 Å². The fourth-order valence-electron chi connectivity index (χ4n) is 1.06. The second-order valence-electron chi connectivity index (χ2n) is 3.37. The van der Waals surface area contributed by atoms with Gasteiger partial charge in [0.1, 0.15) is 5.25 Å². The first-order chi connectivity index (χ1) is 5.97. The molecule has 0 aromatic carbocycles. The summed E-state index contributed by atoms with van der Waals surface area (Å²) in [7, 11) is -3.19. The third kappa shape index (κ3) is 3.77. The van der Waals surface area contributed by atoms with Crippen LogP contribution in [0.1, 0.15) is 33.6 Å². The molecule has 0 spiro atoms. The van der Waals surface area contributed by atoms with E-state index in [1.807, 2.05) is 19.9 Å². The van der Waals surface area contributed by atoms with Crippen molar-refractivity contribution >= 4 is 9.84 Å². The first-order valence-corrected chi connectivity index (χ1v) is 6.30. The molecule has 4 heteroatoms. The van der Waals surface area contributed by atoms with Crippen molar-refractivity contribution in [2.45, 2.75) is 38.9 Å². The lowest BCUT2D eigenvalue weighted by molar-refractivity contribution is 0.557. The number of hydrogen-bond acceptors (Lipinski definition) is 3. The van der Waals surface area contributed by atoms with Crippen molar-refractivity contribution in [1.82, 2.24) is 0 Å². The highest BCUT2D eigenvalue weighted by molar-refractivity contribution is 7.92. The summed E-state index contributed by atoms with van der Waals surface area (Å²) in [5.41, 5.74) is 0. The standard InChI is InChI=1S/C9H17NO2S/c1-4-8(3)7-13(11,12)9(5-2)6-10/h8-9H,4-5,7H2,1-3H3. The van der Waals surface area contributed by atoms with Gasteiger partial charge in [-0.1, -0.05) is 27.2 Å². The number of nitrogens with zero attached hydrogens (tertiary/aromatic N) is 1. The topological polar surface area (TPSA) is 57.9 Å². The minimum Gasteiger partial charge on any atom is -0.227 e. The van der Waals surface area contributed by atoms with Crippen LogP contribution in [-0.2, 0) is 9.84 Å². The Labute approximate surface area is 80.7 Å². The molecule has 0 heterocycles. The Morgan fingerprint density at radius 1 is 1.31 bits per heavy atom. The molecule has 0 amide bonds. The quantitative estimate of drug-likeness (QED) is 0.684. The van der Waals surface area contributed by atoms with Crippen LogP contribution < -0.4 is 0 Å². The van der Waals surface area contributed by atoms with E-state index in [4.69, 9.17) is 5.26 Å². The van der Waals surface area contributed by atoms with Gasteiger partial charge in [0.2, 0.25) is 0 Å². The summed E-state index contributed by atoms with van der Waals surface area (Å²) in [6, 6.07) is 1.83. The van der Waals surface area contributed by atoms with Crippen LogP contribution in [0.3, 0.4) is 0 Å². The molecule has 0 aliphatic rings. The molecular weight excluding hydrogens is 186 g/mol. The first kappa shape index (κ1) is 12.4. The lowest BCUT2D eigenvalue weighted by Crippen LogP contribution is -2.25. The average Bonchev–Trinajstić information content (AvgIpc) is 2.05. The Hall–Kier alpha value is -0.560. The maximum absolute atomic E-state index is 11.5. The van der Waals surface area contributed by atoms with E-state index in [1.165, 1.54) is 0 Å². The molecule has 0 aromatic rings. The van der Waals surface area contributed by atoms with Crippen LogP contribution >= 0.6 is 0 Å². The summed E-state index contributed by atoms with van der Waals surface area (Å²) in [6.07, 6.45) is 1.22. The predicted octanol–water partition coefficient (Wildman–Crippen LogP) is 1.75. The maximum atomic E-state index is 11.5. The molecular formula is C9H17NO2S. The van der Waals surface area contributed by atoms with Crippen LogP contribution in [0.5, 0.6) is 0 Å². The molecule has 3 nitrogen and oxygen atoms in total. The third-order valence-electron chi connectivity index (χ3n) is 2.16. The summed E-state index contributed by atoms with van der Waals surface area (Å²) < 4.78 is 23.1. The molecule has 2 atom stereocenters. The molecule has 0 aromatic heterocycles. The summed E-state index contributed by atoms with van der Waals surface area (Å²) in [6.45, 7) is 5.57. The van der Waals surface area contributed by atoms with E-state index >= 15 is 0 Å². The second kappa shape index (κ2) is 5.23. The first-order valence-electron chi connectivity index (χ1n) is 4.59. The smallest absolute Gasteiger partial charge is 0.166 e. The van der Waals surface area contributed by atoms with E-state index in [1.54, 1.807) is 6.92 Å². The van der Waals surface area contributed by atoms with Gasteiger partial charge in [0, 0.05) is 0 Å². The normalized spacial score (nSPS) is 16.2.